The van der Waals surface area contributed by atoms with E-state index < -0.39 is 5.91 Å². The van der Waals surface area contributed by atoms with Crippen LogP contribution in [0.4, 0.5) is 5.69 Å². The Labute approximate surface area is 124 Å². The number of hydrogen-bond acceptors (Lipinski definition) is 4. The second kappa shape index (κ2) is 7.19. The molecule has 1 aromatic carbocycles. The molecule has 2 rings (SSSR count). The van der Waals surface area contributed by atoms with Gasteiger partial charge in [-0.2, -0.15) is 0 Å². The molecule has 0 bridgehead atoms. The lowest BCUT2D eigenvalue weighted by atomic mass is 10.1. The van der Waals surface area contributed by atoms with E-state index in [0.29, 0.717) is 23.4 Å². The van der Waals surface area contributed by atoms with Gasteiger partial charge < -0.3 is 16.4 Å². The van der Waals surface area contributed by atoms with Crippen LogP contribution in [0.1, 0.15) is 22.3 Å². The summed E-state index contributed by atoms with van der Waals surface area (Å²) in [6.45, 7) is 5.84. The molecule has 1 saturated heterocycles. The van der Waals surface area contributed by atoms with Crippen molar-refractivity contribution in [1.29, 1.82) is 0 Å². The second-order valence-electron chi connectivity index (χ2n) is 5.27. The quantitative estimate of drug-likeness (QED) is 0.745. The van der Waals surface area contributed by atoms with E-state index in [1.165, 1.54) is 0 Å². The molecule has 0 saturated carbocycles. The minimum Gasteiger partial charge on any atom is -0.366 e. The third kappa shape index (κ3) is 4.27. The Morgan fingerprint density at radius 1 is 1.33 bits per heavy atom. The highest BCUT2D eigenvalue weighted by Gasteiger charge is 2.14. The molecule has 4 N–H and O–H groups in total. The van der Waals surface area contributed by atoms with Crippen molar-refractivity contribution in [2.75, 3.05) is 38.0 Å². The van der Waals surface area contributed by atoms with Crippen LogP contribution in [0.3, 0.4) is 0 Å². The number of benzene rings is 1. The largest absolute Gasteiger partial charge is 0.366 e. The van der Waals surface area contributed by atoms with E-state index in [0.717, 1.165) is 32.6 Å². The average Bonchev–Trinajstić information content (AvgIpc) is 2.69. The molecule has 2 amide bonds. The summed E-state index contributed by atoms with van der Waals surface area (Å²) >= 11 is 0. The average molecular weight is 290 g/mol. The van der Waals surface area contributed by atoms with E-state index in [-0.39, 0.29) is 5.91 Å². The molecule has 6 nitrogen and oxygen atoms in total. The molecule has 6 heteroatoms. The van der Waals surface area contributed by atoms with Crippen molar-refractivity contribution in [3.63, 3.8) is 0 Å². The molecule has 1 heterocycles. The summed E-state index contributed by atoms with van der Waals surface area (Å²) in [5, 5.41) is 6.17. The summed E-state index contributed by atoms with van der Waals surface area (Å²) in [4.78, 5) is 25.6. The Morgan fingerprint density at radius 2 is 2.14 bits per heavy atom. The number of carbonyl (C=O) groups excluding carboxylic acids is 2. The van der Waals surface area contributed by atoms with Crippen molar-refractivity contribution in [3.8, 4) is 0 Å². The first-order valence-electron chi connectivity index (χ1n) is 7.20. The Bertz CT molecular complexity index is 522. The maximum atomic E-state index is 12.1. The predicted molar refractivity (Wildman–Crippen MR) is 82.3 cm³/mol. The highest BCUT2D eigenvalue weighted by Crippen LogP contribution is 2.18. The van der Waals surface area contributed by atoms with Gasteiger partial charge in [-0.15, -0.1) is 0 Å². The van der Waals surface area contributed by atoms with Crippen LogP contribution in [-0.4, -0.2) is 49.4 Å². The number of carbonyl (C=O) groups is 2. The molecule has 0 unspecified atom stereocenters. The summed E-state index contributed by atoms with van der Waals surface area (Å²) < 4.78 is 0. The van der Waals surface area contributed by atoms with Gasteiger partial charge in [0, 0.05) is 24.3 Å². The van der Waals surface area contributed by atoms with Crippen LogP contribution in [0, 0.1) is 6.92 Å². The molecule has 1 aliphatic heterocycles. The van der Waals surface area contributed by atoms with Crippen molar-refractivity contribution in [2.24, 2.45) is 5.73 Å². The molecule has 0 aliphatic carbocycles. The summed E-state index contributed by atoms with van der Waals surface area (Å²) in [6, 6.07) is 5.16. The van der Waals surface area contributed by atoms with Crippen molar-refractivity contribution < 1.29 is 9.59 Å². The third-order valence-electron chi connectivity index (χ3n) is 3.67. The normalized spacial score (nSPS) is 16.2. The highest BCUT2D eigenvalue weighted by molar-refractivity contribution is 5.98. The molecule has 21 heavy (non-hydrogen) atoms. The second-order valence-corrected chi connectivity index (χ2v) is 5.27. The van der Waals surface area contributed by atoms with Gasteiger partial charge in [-0.1, -0.05) is 6.07 Å². The Kier molecular flexibility index (Phi) is 5.30. The standard InChI is InChI=1S/C15H22N4O2/c1-11-12(15(16)21)4-2-5-13(11)18-14(20)10-19-8-3-6-17-7-9-19/h2,4-5,17H,3,6-10H2,1H3,(H2,16,21)(H,18,20). The fourth-order valence-corrected chi connectivity index (χ4v) is 2.49. The minimum atomic E-state index is -0.484. The number of amides is 2. The molecule has 0 spiro atoms. The van der Waals surface area contributed by atoms with Gasteiger partial charge in [0.1, 0.15) is 0 Å². The van der Waals surface area contributed by atoms with Gasteiger partial charge in [-0.05, 0) is 44.1 Å². The van der Waals surface area contributed by atoms with Crippen LogP contribution in [-0.2, 0) is 4.79 Å². The first kappa shape index (κ1) is 15.5. The minimum absolute atomic E-state index is 0.0679. The number of nitrogens with two attached hydrogens (primary N) is 1. The first-order valence-corrected chi connectivity index (χ1v) is 7.20. The van der Waals surface area contributed by atoms with Gasteiger partial charge in [0.15, 0.2) is 0 Å². The van der Waals surface area contributed by atoms with E-state index in [4.69, 9.17) is 5.73 Å². The lowest BCUT2D eigenvalue weighted by Gasteiger charge is -2.19. The summed E-state index contributed by atoms with van der Waals surface area (Å²) in [5.74, 6) is -0.552. The molecular formula is C15H22N4O2. The number of primary amides is 1. The molecule has 0 aromatic heterocycles. The summed E-state index contributed by atoms with van der Waals surface area (Å²) in [6.07, 6.45) is 1.05. The fraction of sp³-hybridized carbons (Fsp3) is 0.467. The molecular weight excluding hydrogens is 268 g/mol. The van der Waals surface area contributed by atoms with Crippen LogP contribution in [0.15, 0.2) is 18.2 Å². The lowest BCUT2D eigenvalue weighted by molar-refractivity contribution is -0.117. The van der Waals surface area contributed by atoms with Crippen molar-refractivity contribution in [2.45, 2.75) is 13.3 Å². The van der Waals surface area contributed by atoms with Gasteiger partial charge >= 0.3 is 0 Å². The Balaban J connectivity index is 1.99. The lowest BCUT2D eigenvalue weighted by Crippen LogP contribution is -2.35. The van der Waals surface area contributed by atoms with E-state index in [1.807, 2.05) is 0 Å². The van der Waals surface area contributed by atoms with Crippen LogP contribution in [0.2, 0.25) is 0 Å². The number of rotatable bonds is 4. The van der Waals surface area contributed by atoms with E-state index in [1.54, 1.807) is 25.1 Å². The highest BCUT2D eigenvalue weighted by atomic mass is 16.2. The zero-order valence-electron chi connectivity index (χ0n) is 12.3. The fourth-order valence-electron chi connectivity index (χ4n) is 2.49. The Hall–Kier alpha value is -1.92. The molecule has 114 valence electrons. The molecule has 1 aromatic rings. The zero-order valence-corrected chi connectivity index (χ0v) is 12.3. The maximum Gasteiger partial charge on any atom is 0.249 e. The molecule has 1 aliphatic rings. The third-order valence-corrected chi connectivity index (χ3v) is 3.67. The van der Waals surface area contributed by atoms with Gasteiger partial charge in [0.05, 0.1) is 6.54 Å². The van der Waals surface area contributed by atoms with E-state index in [2.05, 4.69) is 15.5 Å². The summed E-state index contributed by atoms with van der Waals surface area (Å²) in [7, 11) is 0. The molecule has 0 atom stereocenters. The maximum absolute atomic E-state index is 12.1. The molecule has 1 fully saturated rings. The number of nitrogens with zero attached hydrogens (tertiary/aromatic N) is 1. The summed E-state index contributed by atoms with van der Waals surface area (Å²) in [5.41, 5.74) is 7.10. The van der Waals surface area contributed by atoms with Crippen molar-refractivity contribution in [3.05, 3.63) is 29.3 Å². The topological polar surface area (TPSA) is 87.5 Å². The van der Waals surface area contributed by atoms with E-state index in [9.17, 15) is 9.59 Å². The smallest absolute Gasteiger partial charge is 0.249 e. The van der Waals surface area contributed by atoms with Gasteiger partial charge in [0.25, 0.3) is 0 Å². The zero-order chi connectivity index (χ0) is 15.2. The van der Waals surface area contributed by atoms with Gasteiger partial charge in [0.2, 0.25) is 11.8 Å². The number of anilines is 1. The van der Waals surface area contributed by atoms with Crippen LogP contribution in [0.25, 0.3) is 0 Å². The monoisotopic (exact) mass is 290 g/mol. The molecule has 0 radical (unpaired) electrons. The Morgan fingerprint density at radius 3 is 2.90 bits per heavy atom. The van der Waals surface area contributed by atoms with E-state index >= 15 is 0 Å². The SMILES string of the molecule is Cc1c(NC(=O)CN2CCCNCC2)cccc1C(N)=O. The van der Waals surface area contributed by atoms with Crippen LogP contribution >= 0.6 is 0 Å². The number of hydrogen-bond donors (Lipinski definition) is 3. The van der Waals surface area contributed by atoms with Crippen LogP contribution in [0.5, 0.6) is 0 Å². The first-order chi connectivity index (χ1) is 10.1. The van der Waals surface area contributed by atoms with Crippen LogP contribution < -0.4 is 16.4 Å². The van der Waals surface area contributed by atoms with Gasteiger partial charge in [-0.25, -0.2) is 0 Å². The van der Waals surface area contributed by atoms with Gasteiger partial charge in [-0.3, -0.25) is 14.5 Å². The number of nitrogens with one attached hydrogen (secondary N) is 2. The van der Waals surface area contributed by atoms with Crippen molar-refractivity contribution in [1.82, 2.24) is 10.2 Å². The predicted octanol–water partition coefficient (Wildman–Crippen LogP) is 0.328. The van der Waals surface area contributed by atoms with Crippen molar-refractivity contribution >= 4 is 17.5 Å².